The molecule has 2 aromatic carbocycles. The van der Waals surface area contributed by atoms with E-state index in [2.05, 4.69) is 39.1 Å². The Morgan fingerprint density at radius 2 is 1.82 bits per heavy atom. The van der Waals surface area contributed by atoms with E-state index >= 15 is 0 Å². The molecular weight excluding hydrogens is 448 g/mol. The molecule has 178 valence electrons. The molecule has 0 spiro atoms. The predicted molar refractivity (Wildman–Crippen MR) is 135 cm³/mol. The minimum absolute atomic E-state index is 0.0369. The van der Waals surface area contributed by atoms with Gasteiger partial charge in [0.05, 0.1) is 11.7 Å². The van der Waals surface area contributed by atoms with Crippen LogP contribution in [-0.4, -0.2) is 57.1 Å². The fraction of sp³-hybridized carbons (Fsp3) is 0.370. The minimum atomic E-state index is -0.518. The number of halogens is 1. The summed E-state index contributed by atoms with van der Waals surface area (Å²) in [6, 6.07) is 20.6. The van der Waals surface area contributed by atoms with Gasteiger partial charge in [-0.15, -0.1) is 0 Å². The van der Waals surface area contributed by atoms with E-state index in [0.29, 0.717) is 6.54 Å². The summed E-state index contributed by atoms with van der Waals surface area (Å²) in [6.45, 7) is 8.71. The molecule has 1 saturated heterocycles. The van der Waals surface area contributed by atoms with Crippen molar-refractivity contribution in [1.29, 1.82) is 0 Å². The van der Waals surface area contributed by atoms with Gasteiger partial charge in [-0.25, -0.2) is 14.8 Å². The number of nitrogens with zero attached hydrogens (tertiary/aromatic N) is 4. The van der Waals surface area contributed by atoms with Crippen LogP contribution < -0.4 is 0 Å². The van der Waals surface area contributed by atoms with Gasteiger partial charge in [-0.05, 0) is 62.1 Å². The van der Waals surface area contributed by atoms with Crippen LogP contribution >= 0.6 is 11.6 Å². The zero-order chi connectivity index (χ0) is 24.1. The lowest BCUT2D eigenvalue weighted by molar-refractivity contribution is -0.00232. The summed E-state index contributed by atoms with van der Waals surface area (Å²) >= 11 is 5.98. The normalized spacial score (nSPS) is 16.9. The van der Waals surface area contributed by atoms with Gasteiger partial charge >= 0.3 is 6.09 Å². The van der Waals surface area contributed by atoms with Crippen LogP contribution in [0.25, 0.3) is 11.3 Å². The number of rotatable bonds is 5. The number of hydrogen-bond donors (Lipinski definition) is 0. The van der Waals surface area contributed by atoms with Gasteiger partial charge in [0.15, 0.2) is 0 Å². The highest BCUT2D eigenvalue weighted by Crippen LogP contribution is 2.23. The molecule has 1 aromatic heterocycles. The average molecular weight is 479 g/mol. The minimum Gasteiger partial charge on any atom is -0.444 e. The molecule has 1 amide bonds. The van der Waals surface area contributed by atoms with Crippen molar-refractivity contribution in [2.24, 2.45) is 0 Å². The molecule has 1 aliphatic heterocycles. The predicted octanol–water partition coefficient (Wildman–Crippen LogP) is 5.46. The van der Waals surface area contributed by atoms with E-state index in [4.69, 9.17) is 16.3 Å². The fourth-order valence-electron chi connectivity index (χ4n) is 4.27. The molecule has 0 aliphatic carbocycles. The van der Waals surface area contributed by atoms with Crippen LogP contribution in [0, 0.1) is 0 Å². The van der Waals surface area contributed by atoms with Gasteiger partial charge < -0.3 is 9.64 Å². The SMILES string of the molecule is CC(C)(C)OC(=O)N1CCN(Cc2cccc(-c3ccnc(Cl)n3)c2)CC1Cc1ccccc1. The molecule has 1 aliphatic rings. The zero-order valence-electron chi connectivity index (χ0n) is 19.9. The van der Waals surface area contributed by atoms with E-state index < -0.39 is 5.60 Å². The maximum Gasteiger partial charge on any atom is 0.410 e. The summed E-state index contributed by atoms with van der Waals surface area (Å²) in [5.74, 6) is 0. The Hall–Kier alpha value is -2.96. The molecular formula is C27H31ClN4O2. The van der Waals surface area contributed by atoms with Crippen LogP contribution in [0.15, 0.2) is 66.9 Å². The van der Waals surface area contributed by atoms with Gasteiger partial charge in [0.25, 0.3) is 0 Å². The number of amides is 1. The molecule has 6 nitrogen and oxygen atoms in total. The second-order valence-corrected chi connectivity index (χ2v) is 10.0. The first-order valence-electron chi connectivity index (χ1n) is 11.6. The lowest BCUT2D eigenvalue weighted by Gasteiger charge is -2.42. The molecule has 7 heteroatoms. The first-order valence-corrected chi connectivity index (χ1v) is 12.0. The summed E-state index contributed by atoms with van der Waals surface area (Å²) in [4.78, 5) is 25.6. The summed E-state index contributed by atoms with van der Waals surface area (Å²) in [6.07, 6.45) is 2.22. The van der Waals surface area contributed by atoms with Crippen LogP contribution in [0.2, 0.25) is 5.28 Å². The van der Waals surface area contributed by atoms with Gasteiger partial charge in [-0.1, -0.05) is 48.5 Å². The van der Waals surface area contributed by atoms with E-state index in [-0.39, 0.29) is 17.4 Å². The molecule has 4 rings (SSSR count). The second-order valence-electron chi connectivity index (χ2n) is 9.66. The number of carbonyl (C=O) groups is 1. The highest BCUT2D eigenvalue weighted by atomic mass is 35.5. The van der Waals surface area contributed by atoms with Crippen LogP contribution in [0.4, 0.5) is 4.79 Å². The van der Waals surface area contributed by atoms with Gasteiger partial charge in [-0.2, -0.15) is 0 Å². The third-order valence-corrected chi connectivity index (χ3v) is 5.95. The number of benzene rings is 2. The van der Waals surface area contributed by atoms with Crippen LogP contribution in [0.1, 0.15) is 31.9 Å². The summed E-state index contributed by atoms with van der Waals surface area (Å²) in [5.41, 5.74) is 3.70. The van der Waals surface area contributed by atoms with Gasteiger partial charge in [0.2, 0.25) is 5.28 Å². The number of piperazine rings is 1. The molecule has 0 bridgehead atoms. The molecule has 1 atom stereocenters. The Bertz CT molecular complexity index is 1120. The number of ether oxygens (including phenoxy) is 1. The lowest BCUT2D eigenvalue weighted by atomic mass is 10.0. The lowest BCUT2D eigenvalue weighted by Crippen LogP contribution is -2.56. The standard InChI is InChI=1S/C27H31ClN4O2/c1-27(2,3)34-26(33)32-15-14-31(19-23(32)17-20-8-5-4-6-9-20)18-21-10-7-11-22(16-21)24-12-13-29-25(28)30-24/h4-13,16,23H,14-15,17-19H2,1-3H3. The van der Waals surface area contributed by atoms with Gasteiger partial charge in [0, 0.05) is 37.9 Å². The van der Waals surface area contributed by atoms with Gasteiger partial charge in [-0.3, -0.25) is 4.90 Å². The number of hydrogen-bond acceptors (Lipinski definition) is 5. The largest absolute Gasteiger partial charge is 0.444 e. The zero-order valence-corrected chi connectivity index (χ0v) is 20.7. The van der Waals surface area contributed by atoms with E-state index in [0.717, 1.165) is 37.3 Å². The van der Waals surface area contributed by atoms with E-state index in [1.165, 1.54) is 11.1 Å². The van der Waals surface area contributed by atoms with Crippen LogP contribution in [-0.2, 0) is 17.7 Å². The summed E-state index contributed by atoms with van der Waals surface area (Å²) < 4.78 is 5.72. The maximum absolute atomic E-state index is 13.0. The van der Waals surface area contributed by atoms with Crippen LogP contribution in [0.5, 0.6) is 0 Å². The summed E-state index contributed by atoms with van der Waals surface area (Å²) in [7, 11) is 0. The topological polar surface area (TPSA) is 58.6 Å². The van der Waals surface area contributed by atoms with Gasteiger partial charge in [0.1, 0.15) is 5.60 Å². The van der Waals surface area contributed by atoms with Crippen molar-refractivity contribution < 1.29 is 9.53 Å². The van der Waals surface area contributed by atoms with Crippen molar-refractivity contribution in [3.8, 4) is 11.3 Å². The molecule has 3 aromatic rings. The Balaban J connectivity index is 1.49. The molecule has 0 radical (unpaired) electrons. The second kappa shape index (κ2) is 10.5. The van der Waals surface area contributed by atoms with Crippen molar-refractivity contribution in [1.82, 2.24) is 19.8 Å². The molecule has 0 saturated carbocycles. The fourth-order valence-corrected chi connectivity index (χ4v) is 4.42. The van der Waals surface area contributed by atoms with E-state index in [9.17, 15) is 4.79 Å². The molecule has 1 unspecified atom stereocenters. The first-order chi connectivity index (χ1) is 16.3. The van der Waals surface area contributed by atoms with Crippen molar-refractivity contribution in [2.45, 2.75) is 45.4 Å². The first kappa shape index (κ1) is 24.2. The Morgan fingerprint density at radius 1 is 1.06 bits per heavy atom. The molecule has 1 fully saturated rings. The quantitative estimate of drug-likeness (QED) is 0.455. The third-order valence-electron chi connectivity index (χ3n) is 5.76. The van der Waals surface area contributed by atoms with E-state index in [1.807, 2.05) is 62.1 Å². The van der Waals surface area contributed by atoms with Crippen molar-refractivity contribution >= 4 is 17.7 Å². The highest BCUT2D eigenvalue weighted by Gasteiger charge is 2.33. The van der Waals surface area contributed by atoms with Crippen LogP contribution in [0.3, 0.4) is 0 Å². The Labute approximate surface area is 206 Å². The van der Waals surface area contributed by atoms with Crippen molar-refractivity contribution in [3.05, 3.63) is 83.3 Å². The molecule has 2 heterocycles. The summed E-state index contributed by atoms with van der Waals surface area (Å²) in [5, 5.41) is 0.241. The highest BCUT2D eigenvalue weighted by molar-refractivity contribution is 6.28. The van der Waals surface area contributed by atoms with E-state index in [1.54, 1.807) is 6.20 Å². The number of carbonyl (C=O) groups excluding carboxylic acids is 1. The Kier molecular flexibility index (Phi) is 7.49. The molecule has 0 N–H and O–H groups in total. The average Bonchev–Trinajstić information content (AvgIpc) is 2.79. The number of aromatic nitrogens is 2. The smallest absolute Gasteiger partial charge is 0.410 e. The van der Waals surface area contributed by atoms with Crippen molar-refractivity contribution in [3.63, 3.8) is 0 Å². The third kappa shape index (κ3) is 6.55. The Morgan fingerprint density at radius 3 is 2.56 bits per heavy atom. The monoisotopic (exact) mass is 478 g/mol. The van der Waals surface area contributed by atoms with Crippen molar-refractivity contribution in [2.75, 3.05) is 19.6 Å². The molecule has 34 heavy (non-hydrogen) atoms. The maximum atomic E-state index is 13.0.